The first-order valence-electron chi connectivity index (χ1n) is 7.71. The molecule has 23 heavy (non-hydrogen) atoms. The maximum absolute atomic E-state index is 12.3. The van der Waals surface area contributed by atoms with Crippen molar-refractivity contribution in [3.63, 3.8) is 0 Å². The van der Waals surface area contributed by atoms with Crippen molar-refractivity contribution in [1.29, 1.82) is 0 Å². The molecule has 1 aliphatic rings. The number of carbonyl (C=O) groups is 1. The van der Waals surface area contributed by atoms with E-state index < -0.39 is 4.92 Å². The largest absolute Gasteiger partial charge is 0.349 e. The van der Waals surface area contributed by atoms with Crippen molar-refractivity contribution in [2.24, 2.45) is 5.92 Å². The number of nitro benzene ring substituents is 1. The van der Waals surface area contributed by atoms with Gasteiger partial charge in [-0.1, -0.05) is 42.5 Å². The smallest absolute Gasteiger partial charge is 0.269 e. The van der Waals surface area contributed by atoms with Gasteiger partial charge in [0.25, 0.3) is 5.69 Å². The number of benzene rings is 2. The van der Waals surface area contributed by atoms with Crippen LogP contribution in [0.2, 0.25) is 0 Å². The molecule has 0 saturated heterocycles. The van der Waals surface area contributed by atoms with Crippen molar-refractivity contribution in [2.75, 3.05) is 0 Å². The summed E-state index contributed by atoms with van der Waals surface area (Å²) >= 11 is 0. The Kier molecular flexibility index (Phi) is 4.37. The third-order valence-corrected chi connectivity index (χ3v) is 4.08. The van der Waals surface area contributed by atoms with Crippen molar-refractivity contribution >= 4 is 11.6 Å². The van der Waals surface area contributed by atoms with Gasteiger partial charge in [0.2, 0.25) is 5.91 Å². The fraction of sp³-hybridized carbons (Fsp3) is 0.278. The zero-order valence-electron chi connectivity index (χ0n) is 12.6. The van der Waals surface area contributed by atoms with Crippen molar-refractivity contribution in [1.82, 2.24) is 5.32 Å². The van der Waals surface area contributed by atoms with Crippen LogP contribution in [0, 0.1) is 16.0 Å². The fourth-order valence-corrected chi connectivity index (χ4v) is 2.71. The van der Waals surface area contributed by atoms with Crippen LogP contribution in [0.3, 0.4) is 0 Å². The van der Waals surface area contributed by atoms with E-state index in [0.717, 1.165) is 24.0 Å². The van der Waals surface area contributed by atoms with Gasteiger partial charge in [0, 0.05) is 12.1 Å². The Morgan fingerprint density at radius 2 is 1.78 bits per heavy atom. The Morgan fingerprint density at radius 3 is 2.35 bits per heavy atom. The minimum absolute atomic E-state index is 0.0364. The Balaban J connectivity index is 1.64. The fourth-order valence-electron chi connectivity index (χ4n) is 2.71. The zero-order valence-corrected chi connectivity index (χ0v) is 12.6. The molecule has 2 aromatic carbocycles. The number of amides is 1. The van der Waals surface area contributed by atoms with Crippen LogP contribution in [0.1, 0.15) is 30.0 Å². The number of nitrogens with one attached hydrogen (secondary N) is 1. The SMILES string of the molecule is O=C(Cc1ccc([N+](=O)[O-])cc1)NC(c1ccccc1)C1CC1. The van der Waals surface area contributed by atoms with Gasteiger partial charge in [-0.3, -0.25) is 14.9 Å². The molecule has 0 aliphatic heterocycles. The highest BCUT2D eigenvalue weighted by molar-refractivity contribution is 5.79. The highest BCUT2D eigenvalue weighted by Crippen LogP contribution is 2.40. The van der Waals surface area contributed by atoms with Crippen LogP contribution in [-0.4, -0.2) is 10.8 Å². The van der Waals surface area contributed by atoms with Gasteiger partial charge in [-0.05, 0) is 29.9 Å². The number of hydrogen-bond acceptors (Lipinski definition) is 3. The molecule has 3 rings (SSSR count). The lowest BCUT2D eigenvalue weighted by atomic mass is 10.0. The highest BCUT2D eigenvalue weighted by atomic mass is 16.6. The second kappa shape index (κ2) is 6.60. The van der Waals surface area contributed by atoms with Gasteiger partial charge in [0.1, 0.15) is 0 Å². The third kappa shape index (κ3) is 3.94. The normalized spacial score (nSPS) is 15.0. The van der Waals surface area contributed by atoms with Crippen molar-refractivity contribution < 1.29 is 9.72 Å². The number of nitrogens with zero attached hydrogens (tertiary/aromatic N) is 1. The molecule has 0 spiro atoms. The van der Waals surface area contributed by atoms with E-state index in [0.29, 0.717) is 5.92 Å². The molecule has 1 N–H and O–H groups in total. The van der Waals surface area contributed by atoms with E-state index >= 15 is 0 Å². The van der Waals surface area contributed by atoms with E-state index in [1.54, 1.807) is 12.1 Å². The monoisotopic (exact) mass is 310 g/mol. The van der Waals surface area contributed by atoms with Gasteiger partial charge >= 0.3 is 0 Å². The summed E-state index contributed by atoms with van der Waals surface area (Å²) in [5.74, 6) is 0.456. The molecule has 1 amide bonds. The predicted octanol–water partition coefficient (Wildman–Crippen LogP) is 3.40. The number of hydrogen-bond donors (Lipinski definition) is 1. The van der Waals surface area contributed by atoms with Gasteiger partial charge in [-0.25, -0.2) is 0 Å². The summed E-state index contributed by atoms with van der Waals surface area (Å²) in [6, 6.07) is 16.2. The Morgan fingerprint density at radius 1 is 1.13 bits per heavy atom. The summed E-state index contributed by atoms with van der Waals surface area (Å²) in [6.07, 6.45) is 2.50. The summed E-state index contributed by atoms with van der Waals surface area (Å²) in [6.45, 7) is 0. The summed E-state index contributed by atoms with van der Waals surface area (Å²) in [5, 5.41) is 13.8. The van der Waals surface area contributed by atoms with Crippen LogP contribution in [-0.2, 0) is 11.2 Å². The van der Waals surface area contributed by atoms with Crippen LogP contribution in [0.15, 0.2) is 54.6 Å². The average Bonchev–Trinajstić information content (AvgIpc) is 3.39. The Bertz CT molecular complexity index is 694. The standard InChI is InChI=1S/C18H18N2O3/c21-17(12-13-6-10-16(11-7-13)20(22)23)19-18(15-8-9-15)14-4-2-1-3-5-14/h1-7,10-11,15,18H,8-9,12H2,(H,19,21). The lowest BCUT2D eigenvalue weighted by Gasteiger charge is -2.19. The molecule has 1 unspecified atom stereocenters. The number of nitro groups is 1. The molecule has 118 valence electrons. The average molecular weight is 310 g/mol. The molecule has 1 aliphatic carbocycles. The summed E-state index contributed by atoms with van der Waals surface area (Å²) in [4.78, 5) is 22.5. The molecule has 0 bridgehead atoms. The van der Waals surface area contributed by atoms with Crippen molar-refractivity contribution in [3.8, 4) is 0 Å². The first-order valence-corrected chi connectivity index (χ1v) is 7.71. The summed E-state index contributed by atoms with van der Waals surface area (Å²) < 4.78 is 0. The van der Waals surface area contributed by atoms with E-state index in [4.69, 9.17) is 0 Å². The quantitative estimate of drug-likeness (QED) is 0.656. The predicted molar refractivity (Wildman–Crippen MR) is 86.9 cm³/mol. The second-order valence-electron chi connectivity index (χ2n) is 5.89. The van der Waals surface area contributed by atoms with Crippen LogP contribution >= 0.6 is 0 Å². The molecule has 0 radical (unpaired) electrons. The minimum Gasteiger partial charge on any atom is -0.349 e. The number of non-ortho nitro benzene ring substituents is 1. The molecule has 1 saturated carbocycles. The summed E-state index contributed by atoms with van der Waals surface area (Å²) in [5.41, 5.74) is 1.94. The van der Waals surface area contributed by atoms with Crippen LogP contribution in [0.25, 0.3) is 0 Å². The van der Waals surface area contributed by atoms with Crippen LogP contribution in [0.5, 0.6) is 0 Å². The number of carbonyl (C=O) groups excluding carboxylic acids is 1. The first-order chi connectivity index (χ1) is 11.1. The molecule has 1 atom stereocenters. The molecule has 5 heteroatoms. The highest BCUT2D eigenvalue weighted by Gasteiger charge is 2.33. The van der Waals surface area contributed by atoms with Crippen LogP contribution in [0.4, 0.5) is 5.69 Å². The van der Waals surface area contributed by atoms with E-state index in [9.17, 15) is 14.9 Å². The van der Waals surface area contributed by atoms with Gasteiger partial charge in [0.15, 0.2) is 0 Å². The van der Waals surface area contributed by atoms with Crippen molar-refractivity contribution in [2.45, 2.75) is 25.3 Å². The third-order valence-electron chi connectivity index (χ3n) is 4.08. The lowest BCUT2D eigenvalue weighted by Crippen LogP contribution is -2.31. The van der Waals surface area contributed by atoms with E-state index in [1.165, 1.54) is 12.1 Å². The van der Waals surface area contributed by atoms with Gasteiger partial charge < -0.3 is 5.32 Å². The van der Waals surface area contributed by atoms with E-state index in [-0.39, 0.29) is 24.1 Å². The van der Waals surface area contributed by atoms with Gasteiger partial charge in [0.05, 0.1) is 17.4 Å². The number of rotatable bonds is 6. The molecule has 2 aromatic rings. The first kappa shape index (κ1) is 15.2. The maximum Gasteiger partial charge on any atom is 0.269 e. The summed E-state index contributed by atoms with van der Waals surface area (Å²) in [7, 11) is 0. The second-order valence-corrected chi connectivity index (χ2v) is 5.89. The van der Waals surface area contributed by atoms with E-state index in [1.807, 2.05) is 30.3 Å². The molecule has 1 fully saturated rings. The molecular weight excluding hydrogens is 292 g/mol. The molecule has 0 aromatic heterocycles. The van der Waals surface area contributed by atoms with E-state index in [2.05, 4.69) is 5.32 Å². The van der Waals surface area contributed by atoms with Crippen molar-refractivity contribution in [3.05, 3.63) is 75.8 Å². The molecule has 5 nitrogen and oxygen atoms in total. The topological polar surface area (TPSA) is 72.2 Å². The Hall–Kier alpha value is -2.69. The van der Waals surface area contributed by atoms with Gasteiger partial charge in [-0.2, -0.15) is 0 Å². The molecule has 0 heterocycles. The minimum atomic E-state index is -0.442. The zero-order chi connectivity index (χ0) is 16.2. The Labute approximate surface area is 134 Å². The lowest BCUT2D eigenvalue weighted by molar-refractivity contribution is -0.384. The molecular formula is C18H18N2O3. The maximum atomic E-state index is 12.3. The van der Waals surface area contributed by atoms with Gasteiger partial charge in [-0.15, -0.1) is 0 Å². The van der Waals surface area contributed by atoms with Crippen LogP contribution < -0.4 is 5.32 Å².